The number of piperidine rings is 1. The van der Waals surface area contributed by atoms with Crippen molar-refractivity contribution in [1.82, 2.24) is 20.5 Å². The van der Waals surface area contributed by atoms with E-state index >= 15 is 0 Å². The van der Waals surface area contributed by atoms with Crippen LogP contribution < -0.4 is 10.2 Å². The molecule has 40 heavy (non-hydrogen) atoms. The first kappa shape index (κ1) is 29.1. The van der Waals surface area contributed by atoms with E-state index in [2.05, 4.69) is 10.1 Å². The second-order valence-corrected chi connectivity index (χ2v) is 9.18. The highest BCUT2D eigenvalue weighted by Gasteiger charge is 2.37. The normalized spacial score (nSPS) is 15.5. The Bertz CT molecular complexity index is 1300. The van der Waals surface area contributed by atoms with Gasteiger partial charge in [-0.15, -0.1) is 0 Å². The number of aromatic nitrogens is 2. The van der Waals surface area contributed by atoms with E-state index in [0.29, 0.717) is 43.1 Å². The number of hydrogen-bond acceptors (Lipinski definition) is 7. The van der Waals surface area contributed by atoms with E-state index in [9.17, 15) is 31.1 Å². The first-order chi connectivity index (χ1) is 18.9. The number of amides is 1. The van der Waals surface area contributed by atoms with Gasteiger partial charge in [-0.05, 0) is 73.5 Å². The van der Waals surface area contributed by atoms with Crippen molar-refractivity contribution < 1.29 is 45.6 Å². The Balaban J connectivity index is 1.30. The highest BCUT2D eigenvalue weighted by molar-refractivity contribution is 5.90. The number of nitrogens with one attached hydrogen (secondary N) is 1. The minimum atomic E-state index is -4.88. The number of rotatable bonds is 8. The van der Waals surface area contributed by atoms with Gasteiger partial charge in [0.1, 0.15) is 5.75 Å². The minimum Gasteiger partial charge on any atom is -0.484 e. The highest BCUT2D eigenvalue weighted by atomic mass is 19.4. The smallest absolute Gasteiger partial charge is 0.416 e. The quantitative estimate of drug-likeness (QED) is 0.158. The molecule has 4 rings (SSSR count). The fourth-order valence-electron chi connectivity index (χ4n) is 4.24. The molecule has 1 saturated heterocycles. The predicted molar refractivity (Wildman–Crippen MR) is 128 cm³/mol. The van der Waals surface area contributed by atoms with Crippen LogP contribution in [0.1, 0.15) is 52.7 Å². The SMILES string of the molecule is O=C(/C=C/c1ccc(OCc2nc(C3CCN(Cc4cc(C(F)(F)F)cc(C(F)(F)F)c4)CC3)no2)cc1)NO. The summed E-state index contributed by atoms with van der Waals surface area (Å²) in [7, 11) is 0. The molecule has 8 nitrogen and oxygen atoms in total. The maximum atomic E-state index is 13.2. The molecule has 0 spiro atoms. The third kappa shape index (κ3) is 7.82. The number of halogens is 6. The molecule has 2 heterocycles. The van der Waals surface area contributed by atoms with Crippen LogP contribution in [0.25, 0.3) is 6.08 Å². The molecule has 0 saturated carbocycles. The van der Waals surface area contributed by atoms with E-state index in [1.807, 2.05) is 0 Å². The fourth-order valence-corrected chi connectivity index (χ4v) is 4.24. The first-order valence-corrected chi connectivity index (χ1v) is 12.1. The van der Waals surface area contributed by atoms with E-state index in [-0.39, 0.29) is 36.6 Å². The van der Waals surface area contributed by atoms with Crippen LogP contribution in [0, 0.1) is 0 Å². The van der Waals surface area contributed by atoms with E-state index < -0.39 is 29.4 Å². The lowest BCUT2D eigenvalue weighted by molar-refractivity contribution is -0.143. The Morgan fingerprint density at radius 2 is 1.68 bits per heavy atom. The van der Waals surface area contributed by atoms with E-state index in [0.717, 1.165) is 18.2 Å². The molecule has 0 unspecified atom stereocenters. The van der Waals surface area contributed by atoms with Crippen LogP contribution in [0.2, 0.25) is 0 Å². The van der Waals surface area contributed by atoms with Gasteiger partial charge in [-0.3, -0.25) is 14.9 Å². The number of hydroxylamine groups is 1. The molecule has 0 aliphatic carbocycles. The maximum Gasteiger partial charge on any atom is 0.416 e. The summed E-state index contributed by atoms with van der Waals surface area (Å²) in [5.41, 5.74) is -0.511. The standard InChI is InChI=1S/C26H24F6N4O4/c27-25(28,29)19-11-17(12-20(13-19)26(30,31)32)14-36-9-7-18(8-10-36)24-33-23(40-35-24)15-39-21-4-1-16(2-5-21)3-6-22(37)34-38/h1-6,11-13,18,38H,7-10,14-15H2,(H,34,37)/b6-3+. The Hall–Kier alpha value is -3.91. The van der Waals surface area contributed by atoms with Gasteiger partial charge in [-0.25, -0.2) is 5.48 Å². The van der Waals surface area contributed by atoms with Gasteiger partial charge < -0.3 is 9.26 Å². The van der Waals surface area contributed by atoms with Gasteiger partial charge in [-0.2, -0.15) is 31.3 Å². The molecule has 14 heteroatoms. The zero-order chi connectivity index (χ0) is 28.9. The van der Waals surface area contributed by atoms with Crippen LogP contribution >= 0.6 is 0 Å². The largest absolute Gasteiger partial charge is 0.484 e. The average Bonchev–Trinajstić information content (AvgIpc) is 3.39. The van der Waals surface area contributed by atoms with E-state index in [4.69, 9.17) is 14.5 Å². The van der Waals surface area contributed by atoms with Crippen LogP contribution in [0.4, 0.5) is 26.3 Å². The Morgan fingerprint density at radius 1 is 1.05 bits per heavy atom. The van der Waals surface area contributed by atoms with Crippen molar-refractivity contribution in [3.8, 4) is 5.75 Å². The molecule has 0 bridgehead atoms. The Labute approximate surface area is 224 Å². The lowest BCUT2D eigenvalue weighted by Crippen LogP contribution is -2.33. The molecule has 1 amide bonds. The number of hydrogen-bond donors (Lipinski definition) is 2. The Morgan fingerprint density at radius 3 is 2.25 bits per heavy atom. The van der Waals surface area contributed by atoms with Gasteiger partial charge in [0.15, 0.2) is 12.4 Å². The summed E-state index contributed by atoms with van der Waals surface area (Å²) in [6.07, 6.45) is -6.00. The molecule has 2 aromatic carbocycles. The molecule has 0 radical (unpaired) electrons. The summed E-state index contributed by atoms with van der Waals surface area (Å²) < 4.78 is 89.8. The minimum absolute atomic E-state index is 0.00499. The maximum absolute atomic E-state index is 13.2. The van der Waals surface area contributed by atoms with E-state index in [1.165, 1.54) is 11.6 Å². The van der Waals surface area contributed by atoms with Gasteiger partial charge in [-0.1, -0.05) is 17.3 Å². The van der Waals surface area contributed by atoms with Crippen molar-refractivity contribution in [3.05, 3.63) is 82.5 Å². The van der Waals surface area contributed by atoms with Crippen molar-refractivity contribution in [3.63, 3.8) is 0 Å². The summed E-state index contributed by atoms with van der Waals surface area (Å²) in [6.45, 7) is 0.825. The summed E-state index contributed by atoms with van der Waals surface area (Å²) in [6, 6.07) is 8.39. The molecule has 1 fully saturated rings. The van der Waals surface area contributed by atoms with Crippen molar-refractivity contribution >= 4 is 12.0 Å². The Kier molecular flexibility index (Phi) is 8.79. The third-order valence-corrected chi connectivity index (χ3v) is 6.27. The lowest BCUT2D eigenvalue weighted by Gasteiger charge is -2.30. The number of alkyl halides is 6. The van der Waals surface area contributed by atoms with Gasteiger partial charge in [0.2, 0.25) is 0 Å². The molecule has 1 aromatic heterocycles. The van der Waals surface area contributed by atoms with Crippen LogP contribution in [0.3, 0.4) is 0 Å². The number of benzene rings is 2. The van der Waals surface area contributed by atoms with Gasteiger partial charge in [0.05, 0.1) is 11.1 Å². The zero-order valence-corrected chi connectivity index (χ0v) is 20.8. The molecule has 214 valence electrons. The molecule has 2 N–H and O–H groups in total. The number of likely N-dealkylation sites (tertiary alicyclic amines) is 1. The molecule has 1 aliphatic rings. The van der Waals surface area contributed by atoms with Crippen LogP contribution in [0.15, 0.2) is 53.1 Å². The van der Waals surface area contributed by atoms with Crippen LogP contribution in [0.5, 0.6) is 5.75 Å². The number of ether oxygens (including phenoxy) is 1. The van der Waals surface area contributed by atoms with Crippen LogP contribution in [-0.4, -0.2) is 39.2 Å². The lowest BCUT2D eigenvalue weighted by atomic mass is 9.95. The number of nitrogens with zero attached hydrogens (tertiary/aromatic N) is 3. The average molecular weight is 570 g/mol. The number of carbonyl (C=O) groups excluding carboxylic acids is 1. The zero-order valence-electron chi connectivity index (χ0n) is 20.8. The fraction of sp³-hybridized carbons (Fsp3) is 0.346. The summed E-state index contributed by atoms with van der Waals surface area (Å²) in [4.78, 5) is 17.2. The monoisotopic (exact) mass is 570 g/mol. The topological polar surface area (TPSA) is 101 Å². The second-order valence-electron chi connectivity index (χ2n) is 9.18. The highest BCUT2D eigenvalue weighted by Crippen LogP contribution is 2.37. The molecule has 0 atom stereocenters. The van der Waals surface area contributed by atoms with Gasteiger partial charge in [0.25, 0.3) is 11.8 Å². The van der Waals surface area contributed by atoms with Crippen molar-refractivity contribution in [1.29, 1.82) is 0 Å². The predicted octanol–water partition coefficient (Wildman–Crippen LogP) is 5.58. The second kappa shape index (κ2) is 12.1. The summed E-state index contributed by atoms with van der Waals surface area (Å²) in [5, 5.41) is 12.5. The van der Waals surface area contributed by atoms with Crippen molar-refractivity contribution in [2.75, 3.05) is 13.1 Å². The molecule has 1 aliphatic heterocycles. The van der Waals surface area contributed by atoms with Crippen molar-refractivity contribution in [2.45, 2.75) is 44.3 Å². The molecule has 3 aromatic rings. The summed E-state index contributed by atoms with van der Waals surface area (Å²) in [5.74, 6) is 0.473. The number of carbonyl (C=O) groups is 1. The van der Waals surface area contributed by atoms with Crippen molar-refractivity contribution in [2.24, 2.45) is 0 Å². The third-order valence-electron chi connectivity index (χ3n) is 6.27. The van der Waals surface area contributed by atoms with Gasteiger partial charge in [0, 0.05) is 18.5 Å². The van der Waals surface area contributed by atoms with E-state index in [1.54, 1.807) is 29.2 Å². The summed E-state index contributed by atoms with van der Waals surface area (Å²) >= 11 is 0. The van der Waals surface area contributed by atoms with Gasteiger partial charge >= 0.3 is 12.4 Å². The first-order valence-electron chi connectivity index (χ1n) is 12.1. The van der Waals surface area contributed by atoms with Crippen LogP contribution in [-0.2, 0) is 30.3 Å². The molecular formula is C26H24F6N4O4. The molecular weight excluding hydrogens is 546 g/mol.